The Morgan fingerprint density at radius 3 is 2.84 bits per heavy atom. The van der Waals surface area contributed by atoms with Crippen LogP contribution in [0, 0.1) is 0 Å². The van der Waals surface area contributed by atoms with Crippen molar-refractivity contribution in [1.82, 2.24) is 9.88 Å². The largest absolute Gasteiger partial charge is 0.573 e. The quantitative estimate of drug-likeness (QED) is 0.708. The number of halogens is 4. The SMILES string of the molecule is O=CC1c2cc(Br)cnc2CCN1Cc1ccccc1OC(F)(F)F. The van der Waals surface area contributed by atoms with Crippen molar-refractivity contribution in [2.75, 3.05) is 6.54 Å². The first kappa shape index (κ1) is 17.9. The van der Waals surface area contributed by atoms with E-state index in [1.807, 2.05) is 11.0 Å². The van der Waals surface area contributed by atoms with E-state index in [2.05, 4.69) is 25.7 Å². The molecule has 1 aliphatic heterocycles. The summed E-state index contributed by atoms with van der Waals surface area (Å²) < 4.78 is 42.6. The smallest absolute Gasteiger partial charge is 0.405 e. The summed E-state index contributed by atoms with van der Waals surface area (Å²) in [4.78, 5) is 17.8. The Morgan fingerprint density at radius 1 is 1.36 bits per heavy atom. The Bertz CT molecular complexity index is 783. The average Bonchev–Trinajstić information content (AvgIpc) is 2.55. The molecule has 0 saturated heterocycles. The van der Waals surface area contributed by atoms with Crippen molar-refractivity contribution < 1.29 is 22.7 Å². The Balaban J connectivity index is 1.88. The highest BCUT2D eigenvalue weighted by molar-refractivity contribution is 9.10. The third kappa shape index (κ3) is 4.19. The normalized spacial score (nSPS) is 17.8. The van der Waals surface area contributed by atoms with E-state index >= 15 is 0 Å². The van der Waals surface area contributed by atoms with Gasteiger partial charge in [0.25, 0.3) is 0 Å². The summed E-state index contributed by atoms with van der Waals surface area (Å²) in [6.45, 7) is 0.688. The Morgan fingerprint density at radius 2 is 2.12 bits per heavy atom. The van der Waals surface area contributed by atoms with Gasteiger partial charge in [-0.3, -0.25) is 9.88 Å². The van der Waals surface area contributed by atoms with E-state index in [9.17, 15) is 18.0 Å². The predicted molar refractivity (Wildman–Crippen MR) is 88.0 cm³/mol. The number of hydrogen-bond donors (Lipinski definition) is 0. The number of aldehydes is 1. The van der Waals surface area contributed by atoms with Crippen LogP contribution in [0.4, 0.5) is 13.2 Å². The van der Waals surface area contributed by atoms with E-state index < -0.39 is 12.4 Å². The monoisotopic (exact) mass is 414 g/mol. The number of nitrogens with zero attached hydrogens (tertiary/aromatic N) is 2. The maximum Gasteiger partial charge on any atom is 0.573 e. The van der Waals surface area contributed by atoms with E-state index in [0.717, 1.165) is 22.0 Å². The van der Waals surface area contributed by atoms with Gasteiger partial charge in [0.15, 0.2) is 0 Å². The maximum absolute atomic E-state index is 12.6. The number of pyridine rings is 1. The van der Waals surface area contributed by atoms with Crippen LogP contribution in [-0.4, -0.2) is 29.1 Å². The summed E-state index contributed by atoms with van der Waals surface area (Å²) in [6.07, 6.45) is -1.68. The molecule has 1 aliphatic rings. The van der Waals surface area contributed by atoms with Crippen LogP contribution in [0.25, 0.3) is 0 Å². The molecule has 4 nitrogen and oxygen atoms in total. The van der Waals surface area contributed by atoms with Gasteiger partial charge in [0.1, 0.15) is 12.0 Å². The lowest BCUT2D eigenvalue weighted by molar-refractivity contribution is -0.275. The molecule has 0 N–H and O–H groups in total. The van der Waals surface area contributed by atoms with Gasteiger partial charge in [0.2, 0.25) is 0 Å². The third-order valence-corrected chi connectivity index (χ3v) is 4.45. The Kier molecular flexibility index (Phi) is 5.10. The molecule has 0 saturated carbocycles. The lowest BCUT2D eigenvalue weighted by Crippen LogP contribution is -2.36. The van der Waals surface area contributed by atoms with Crippen LogP contribution in [0.2, 0.25) is 0 Å². The number of carbonyl (C=O) groups is 1. The van der Waals surface area contributed by atoms with Crippen molar-refractivity contribution in [3.05, 3.63) is 57.8 Å². The standard InChI is InChI=1S/C17H14BrF3N2O2/c18-12-7-13-14(22-8-12)5-6-23(15(13)10-24)9-11-3-1-2-4-16(11)25-17(19,20)21/h1-4,7-8,10,15H,5-6,9H2. The summed E-state index contributed by atoms with van der Waals surface area (Å²) in [5.41, 5.74) is 1.97. The molecule has 2 aromatic rings. The van der Waals surface area contributed by atoms with E-state index in [1.165, 1.54) is 12.1 Å². The molecule has 0 amide bonds. The fourth-order valence-corrected chi connectivity index (χ4v) is 3.30. The van der Waals surface area contributed by atoms with Crippen LogP contribution in [0.3, 0.4) is 0 Å². The zero-order valence-corrected chi connectivity index (χ0v) is 14.5. The van der Waals surface area contributed by atoms with Gasteiger partial charge < -0.3 is 9.53 Å². The molecule has 132 valence electrons. The van der Waals surface area contributed by atoms with Crippen molar-refractivity contribution in [3.63, 3.8) is 0 Å². The van der Waals surface area contributed by atoms with Crippen molar-refractivity contribution in [2.45, 2.75) is 25.4 Å². The molecule has 2 heterocycles. The molecule has 0 aliphatic carbocycles. The van der Waals surface area contributed by atoms with Gasteiger partial charge in [-0.1, -0.05) is 18.2 Å². The predicted octanol–water partition coefficient (Wildman–Crippen LogP) is 4.04. The molecule has 0 bridgehead atoms. The minimum absolute atomic E-state index is 0.168. The molecule has 0 radical (unpaired) electrons. The van der Waals surface area contributed by atoms with Crippen molar-refractivity contribution in [3.8, 4) is 5.75 Å². The topological polar surface area (TPSA) is 42.4 Å². The Hall–Kier alpha value is -1.93. The molecular formula is C17H14BrF3N2O2. The number of benzene rings is 1. The number of carbonyl (C=O) groups excluding carboxylic acids is 1. The van der Waals surface area contributed by atoms with Gasteiger partial charge in [-0.15, -0.1) is 13.2 Å². The zero-order valence-electron chi connectivity index (χ0n) is 13.0. The van der Waals surface area contributed by atoms with Gasteiger partial charge in [-0.05, 0) is 33.6 Å². The summed E-state index contributed by atoms with van der Waals surface area (Å²) in [5.74, 6) is -0.252. The molecule has 1 aromatic heterocycles. The molecule has 8 heteroatoms. The fourth-order valence-electron chi connectivity index (χ4n) is 2.95. The highest BCUT2D eigenvalue weighted by Gasteiger charge is 2.33. The second-order valence-electron chi connectivity index (χ2n) is 5.65. The minimum Gasteiger partial charge on any atom is -0.405 e. The molecule has 3 rings (SSSR count). The number of ether oxygens (including phenoxy) is 1. The van der Waals surface area contributed by atoms with Crippen LogP contribution in [0.5, 0.6) is 5.75 Å². The van der Waals surface area contributed by atoms with Gasteiger partial charge in [-0.25, -0.2) is 0 Å². The number of fused-ring (bicyclic) bond motifs is 1. The Labute approximate surface area is 150 Å². The van der Waals surface area contributed by atoms with Crippen LogP contribution < -0.4 is 4.74 Å². The fraction of sp³-hybridized carbons (Fsp3) is 0.294. The summed E-state index contributed by atoms with van der Waals surface area (Å²) in [6, 6.07) is 7.23. The molecular weight excluding hydrogens is 401 g/mol. The van der Waals surface area contributed by atoms with Crippen LogP contribution in [-0.2, 0) is 17.8 Å². The maximum atomic E-state index is 12.6. The van der Waals surface area contributed by atoms with Gasteiger partial charge in [0.05, 0.1) is 6.04 Å². The zero-order chi connectivity index (χ0) is 18.0. The van der Waals surface area contributed by atoms with Crippen molar-refractivity contribution >= 4 is 22.2 Å². The first-order chi connectivity index (χ1) is 11.9. The lowest BCUT2D eigenvalue weighted by atomic mass is 9.97. The van der Waals surface area contributed by atoms with Crippen LogP contribution in [0.15, 0.2) is 41.0 Å². The van der Waals surface area contributed by atoms with E-state index in [4.69, 9.17) is 0 Å². The second kappa shape index (κ2) is 7.13. The number of rotatable bonds is 4. The van der Waals surface area contributed by atoms with Crippen LogP contribution in [0.1, 0.15) is 22.9 Å². The van der Waals surface area contributed by atoms with Crippen LogP contribution >= 0.6 is 15.9 Å². The highest BCUT2D eigenvalue weighted by Crippen LogP contribution is 2.33. The lowest BCUT2D eigenvalue weighted by Gasteiger charge is -2.34. The number of hydrogen-bond acceptors (Lipinski definition) is 4. The van der Waals surface area contributed by atoms with E-state index in [0.29, 0.717) is 18.5 Å². The van der Waals surface area contributed by atoms with Crippen molar-refractivity contribution in [1.29, 1.82) is 0 Å². The average molecular weight is 415 g/mol. The highest BCUT2D eigenvalue weighted by atomic mass is 79.9. The molecule has 1 aromatic carbocycles. The van der Waals surface area contributed by atoms with E-state index in [1.54, 1.807) is 18.3 Å². The number of para-hydroxylation sites is 1. The minimum atomic E-state index is -4.76. The second-order valence-corrected chi connectivity index (χ2v) is 6.56. The summed E-state index contributed by atoms with van der Waals surface area (Å²) in [7, 11) is 0. The molecule has 1 unspecified atom stereocenters. The van der Waals surface area contributed by atoms with Crippen molar-refractivity contribution in [2.24, 2.45) is 0 Å². The van der Waals surface area contributed by atoms with E-state index in [-0.39, 0.29) is 12.3 Å². The number of aromatic nitrogens is 1. The first-order valence-corrected chi connectivity index (χ1v) is 8.34. The number of alkyl halides is 3. The molecule has 0 spiro atoms. The van der Waals surface area contributed by atoms with Gasteiger partial charge >= 0.3 is 6.36 Å². The van der Waals surface area contributed by atoms with Gasteiger partial charge in [0, 0.05) is 41.4 Å². The van der Waals surface area contributed by atoms with Gasteiger partial charge in [-0.2, -0.15) is 0 Å². The first-order valence-electron chi connectivity index (χ1n) is 7.54. The molecule has 0 fully saturated rings. The third-order valence-electron chi connectivity index (χ3n) is 4.02. The summed E-state index contributed by atoms with van der Waals surface area (Å²) in [5, 5.41) is 0. The molecule has 25 heavy (non-hydrogen) atoms. The molecule has 1 atom stereocenters. The summed E-state index contributed by atoms with van der Waals surface area (Å²) >= 11 is 3.34.